The second-order valence-electron chi connectivity index (χ2n) is 33.3. The van der Waals surface area contributed by atoms with Crippen molar-refractivity contribution in [1.29, 1.82) is 0 Å². The second kappa shape index (κ2) is 29.2. The predicted octanol–water partition coefficient (Wildman–Crippen LogP) is 30.2. The molecule has 0 bridgehead atoms. The molecule has 10 heteroatoms. The molecule has 0 N–H and O–H groups in total. The largest absolute Gasteiger partial charge is 0.309 e. The van der Waals surface area contributed by atoms with E-state index in [-0.39, 0.29) is 0 Å². The van der Waals surface area contributed by atoms with Crippen molar-refractivity contribution in [2.75, 3.05) is 0 Å². The van der Waals surface area contributed by atoms with Crippen LogP contribution >= 0.6 is 0 Å². The van der Waals surface area contributed by atoms with Gasteiger partial charge in [-0.25, -0.2) is 29.9 Å². The van der Waals surface area contributed by atoms with Gasteiger partial charge >= 0.3 is 0 Å². The average molecular weight is 1630 g/mol. The van der Waals surface area contributed by atoms with Crippen LogP contribution in [0.3, 0.4) is 0 Å². The fourth-order valence-corrected chi connectivity index (χ4v) is 19.8. The van der Waals surface area contributed by atoms with Crippen LogP contribution in [-0.4, -0.2) is 48.2 Å². The normalized spacial score (nSPS) is 11.9. The van der Waals surface area contributed by atoms with E-state index in [9.17, 15) is 0 Å². The van der Waals surface area contributed by atoms with Gasteiger partial charge in [0.2, 0.25) is 17.8 Å². The van der Waals surface area contributed by atoms with Gasteiger partial charge in [0, 0.05) is 82.2 Å². The van der Waals surface area contributed by atoms with E-state index in [2.05, 4.69) is 455 Å². The van der Waals surface area contributed by atoms with Gasteiger partial charge in [0.15, 0.2) is 0 Å². The lowest BCUT2D eigenvalue weighted by Gasteiger charge is -2.14. The monoisotopic (exact) mass is 1630 g/mol. The summed E-state index contributed by atoms with van der Waals surface area (Å²) in [6.07, 6.45) is 0. The van der Waals surface area contributed by atoms with Gasteiger partial charge in [-0.2, -0.15) is 0 Å². The second-order valence-corrected chi connectivity index (χ2v) is 33.3. The van der Waals surface area contributed by atoms with Crippen molar-refractivity contribution in [3.63, 3.8) is 0 Å². The number of nitrogens with zero attached hydrogens (tertiary/aromatic N) is 10. The molecule has 0 saturated heterocycles. The van der Waals surface area contributed by atoms with Crippen molar-refractivity contribution in [3.8, 4) is 91.1 Å². The van der Waals surface area contributed by atoms with Gasteiger partial charge < -0.3 is 4.57 Å². The molecule has 0 radical (unpaired) electrons. The molecule has 128 heavy (non-hydrogen) atoms. The van der Waals surface area contributed by atoms with Crippen LogP contribution in [0.25, 0.3) is 254 Å². The Kier molecular flexibility index (Phi) is 16.5. The van der Waals surface area contributed by atoms with E-state index in [0.717, 1.165) is 160 Å². The summed E-state index contributed by atoms with van der Waals surface area (Å²) in [5.41, 5.74) is 20.9. The maximum Gasteiger partial charge on any atom is 0.235 e. The Morgan fingerprint density at radius 2 is 0.367 bits per heavy atom. The molecule has 0 fully saturated rings. The van der Waals surface area contributed by atoms with E-state index in [0.29, 0.717) is 17.8 Å². The number of fused-ring (bicyclic) bond motifs is 21. The minimum absolute atomic E-state index is 0.588. The first-order chi connectivity index (χ1) is 63.4. The van der Waals surface area contributed by atoms with E-state index in [1.165, 1.54) is 75.4 Å². The lowest BCUT2D eigenvalue weighted by molar-refractivity contribution is 0.993. The van der Waals surface area contributed by atoms with Gasteiger partial charge in [-0.1, -0.05) is 334 Å². The summed E-state index contributed by atoms with van der Waals surface area (Å²) >= 11 is 0. The number of hydrogen-bond donors (Lipinski definition) is 0. The zero-order chi connectivity index (χ0) is 84.0. The van der Waals surface area contributed by atoms with Crippen molar-refractivity contribution in [3.05, 3.63) is 437 Å². The van der Waals surface area contributed by atoms with Gasteiger partial charge in [0.25, 0.3) is 0 Å². The molecule has 7 heterocycles. The maximum absolute atomic E-state index is 5.55. The Hall–Kier alpha value is -17.3. The first kappa shape index (κ1) is 72.3. The summed E-state index contributed by atoms with van der Waals surface area (Å²) in [4.78, 5) is 33.0. The fraction of sp³-hybridized carbons (Fsp3) is 0. The van der Waals surface area contributed by atoms with E-state index >= 15 is 0 Å². The maximum atomic E-state index is 5.55. The molecule has 0 amide bonds. The predicted molar refractivity (Wildman–Crippen MR) is 532 cm³/mol. The number of para-hydroxylation sites is 4. The number of rotatable bonds is 10. The Morgan fingerprint density at radius 3 is 0.672 bits per heavy atom. The molecule has 0 atom stereocenters. The van der Waals surface area contributed by atoms with Crippen molar-refractivity contribution >= 4 is 163 Å². The van der Waals surface area contributed by atoms with E-state index < -0.39 is 0 Å². The van der Waals surface area contributed by atoms with Crippen LogP contribution < -0.4 is 0 Å². The van der Waals surface area contributed by atoms with Gasteiger partial charge in [0.1, 0.15) is 0 Å². The molecule has 27 rings (SSSR count). The molecule has 0 unspecified atom stereocenters. The molecule has 0 aliphatic carbocycles. The van der Waals surface area contributed by atoms with Gasteiger partial charge in [-0.05, 0) is 179 Å². The molecule has 0 aliphatic rings. The molecule has 10 nitrogen and oxygen atoms in total. The molecule has 0 spiro atoms. The van der Waals surface area contributed by atoms with Gasteiger partial charge in [-0.15, -0.1) is 0 Å². The Labute approximate surface area is 733 Å². The summed E-state index contributed by atoms with van der Waals surface area (Å²) in [6, 6.07) is 156. The lowest BCUT2D eigenvalue weighted by atomic mass is 10.0. The van der Waals surface area contributed by atoms with Crippen molar-refractivity contribution in [2.24, 2.45) is 0 Å². The van der Waals surface area contributed by atoms with Crippen LogP contribution in [0.15, 0.2) is 437 Å². The average Bonchev–Trinajstić information content (AvgIpc) is 1.54. The third kappa shape index (κ3) is 11.9. The van der Waals surface area contributed by atoms with E-state index in [4.69, 9.17) is 29.9 Å². The Bertz CT molecular complexity index is 9040. The highest BCUT2D eigenvalue weighted by molar-refractivity contribution is 6.28. The summed E-state index contributed by atoms with van der Waals surface area (Å²) in [5.74, 6) is 1.82. The zero-order valence-electron chi connectivity index (χ0n) is 69.0. The zero-order valence-corrected chi connectivity index (χ0v) is 69.0. The van der Waals surface area contributed by atoms with Crippen molar-refractivity contribution < 1.29 is 0 Å². The lowest BCUT2D eigenvalue weighted by Crippen LogP contribution is -2.05. The van der Waals surface area contributed by atoms with Crippen LogP contribution in [0, 0.1) is 0 Å². The first-order valence-corrected chi connectivity index (χ1v) is 43.4. The summed E-state index contributed by atoms with van der Waals surface area (Å²) in [6.45, 7) is 0. The molecule has 7 aromatic heterocycles. The Morgan fingerprint density at radius 1 is 0.141 bits per heavy atom. The SMILES string of the molecule is c1ccc2cc(-c3cc(-c4ccc5ccccc5c4)nc(-n4c5ccccc5c5c4ccc4c6ccccc6n(-c6nc(-c7ccc8ccccc8c7)cc(-c7ccc8ccccc8c7)n6)c45)n3)ccc2c1.c1ccc2cc(-c3cc(-c4ccc5ccccc5c4)nc(-n4c5ccccc5c5ccc6c(c7ccccc7n6-c6ccc7ccccc7c6)c54)n3)ccc2c1. The fourth-order valence-electron chi connectivity index (χ4n) is 19.8. The standard InChI is InChI=1S/C66H40N6.C52H32N4/c1-5-17-45-35-49(29-25-41(45)13-1)56-39-57(50-30-26-42-14-2-6-18-46(42)36-50)68-65(67-56)71-61-24-12-10-22-55(61)63-62(71)34-33-54-53-21-9-11-23-60(53)72(64(54)63)66-69-58(51-31-27-43-15-3-7-19-47(43)37-51)40-59(70-66)52-32-28-44-16-4-8-20-48(44)38-52;1-4-14-36-29-39(23-21-33(36)11-1)45-32-46(40-24-22-34-12-2-5-15-37(34)30-40)54-52(53-45)56-47-19-9-7-17-42(47)43-27-28-49-50(51(43)56)44-18-8-10-20-48(44)55(49)41-26-25-35-13-3-6-16-38(35)31-41/h1-40H;1-32H. The van der Waals surface area contributed by atoms with Crippen molar-refractivity contribution in [2.45, 2.75) is 0 Å². The molecule has 0 aliphatic heterocycles. The van der Waals surface area contributed by atoms with Crippen LogP contribution in [0.1, 0.15) is 0 Å². The molecule has 27 aromatic rings. The quantitative estimate of drug-likeness (QED) is 0.135. The van der Waals surface area contributed by atoms with E-state index in [1.54, 1.807) is 0 Å². The highest BCUT2D eigenvalue weighted by atomic mass is 15.2. The number of hydrogen-bond acceptors (Lipinski definition) is 6. The molecule has 594 valence electrons. The number of aromatic nitrogens is 10. The van der Waals surface area contributed by atoms with Crippen molar-refractivity contribution in [1.82, 2.24) is 48.2 Å². The minimum atomic E-state index is 0.588. The molecular formula is C118H72N10. The molecule has 20 aromatic carbocycles. The summed E-state index contributed by atoms with van der Waals surface area (Å²) in [7, 11) is 0. The third-order valence-corrected chi connectivity index (χ3v) is 25.9. The van der Waals surface area contributed by atoms with Crippen LogP contribution in [-0.2, 0) is 0 Å². The van der Waals surface area contributed by atoms with Gasteiger partial charge in [-0.3, -0.25) is 13.7 Å². The van der Waals surface area contributed by atoms with Crippen LogP contribution in [0.4, 0.5) is 0 Å². The Balaban J connectivity index is 0.000000140. The first-order valence-electron chi connectivity index (χ1n) is 43.4. The van der Waals surface area contributed by atoms with Crippen LogP contribution in [0.5, 0.6) is 0 Å². The molecular weight excluding hydrogens is 1560 g/mol. The molecule has 0 saturated carbocycles. The highest BCUT2D eigenvalue weighted by Gasteiger charge is 2.28. The summed E-state index contributed by atoms with van der Waals surface area (Å²) < 4.78 is 9.24. The minimum Gasteiger partial charge on any atom is -0.309 e. The third-order valence-electron chi connectivity index (χ3n) is 25.9. The van der Waals surface area contributed by atoms with E-state index in [1.807, 2.05) is 0 Å². The summed E-state index contributed by atoms with van der Waals surface area (Å²) in [5, 5.41) is 25.6. The van der Waals surface area contributed by atoms with Crippen LogP contribution in [0.2, 0.25) is 0 Å². The smallest absolute Gasteiger partial charge is 0.235 e. The van der Waals surface area contributed by atoms with Gasteiger partial charge in [0.05, 0.1) is 78.3 Å². The topological polar surface area (TPSA) is 97.1 Å². The number of benzene rings is 20. The highest BCUT2D eigenvalue weighted by Crippen LogP contribution is 2.47.